The second-order valence-corrected chi connectivity index (χ2v) is 5.88. The second kappa shape index (κ2) is 7.74. The second-order valence-electron chi connectivity index (χ2n) is 5.88. The highest BCUT2D eigenvalue weighted by Gasteiger charge is 2.18. The van der Waals surface area contributed by atoms with Crippen LogP contribution in [-0.4, -0.2) is 11.6 Å². The fraction of sp³-hybridized carbons (Fsp3) is 0.0909. The largest absolute Gasteiger partial charge is 0.478 e. The van der Waals surface area contributed by atoms with Crippen molar-refractivity contribution in [1.82, 2.24) is 0 Å². The zero-order valence-corrected chi connectivity index (χ0v) is 14.2. The number of ether oxygens (including phenoxy) is 1. The van der Waals surface area contributed by atoms with Crippen LogP contribution in [0.1, 0.15) is 34.5 Å². The molecule has 0 spiro atoms. The Kier molecular flexibility index (Phi) is 5.23. The topological polar surface area (TPSA) is 43.4 Å². The molecule has 1 atom stereocenters. The van der Waals surface area contributed by atoms with E-state index in [4.69, 9.17) is 4.74 Å². The number of benzene rings is 3. The lowest BCUT2D eigenvalue weighted by molar-refractivity contribution is -0.123. The maximum Gasteiger partial charge on any atom is 0.193 e. The summed E-state index contributed by atoms with van der Waals surface area (Å²) in [6.45, 7) is 1.48. The van der Waals surface area contributed by atoms with Gasteiger partial charge in [0.2, 0.25) is 0 Å². The van der Waals surface area contributed by atoms with Gasteiger partial charge in [0.1, 0.15) is 11.6 Å². The third kappa shape index (κ3) is 4.03. The number of ketones is 2. The quantitative estimate of drug-likeness (QED) is 0.603. The van der Waals surface area contributed by atoms with Gasteiger partial charge < -0.3 is 4.74 Å². The average molecular weight is 348 g/mol. The summed E-state index contributed by atoms with van der Waals surface area (Å²) < 4.78 is 18.8. The molecule has 0 bridgehead atoms. The van der Waals surface area contributed by atoms with E-state index in [-0.39, 0.29) is 17.4 Å². The Morgan fingerprint density at radius 3 is 1.88 bits per heavy atom. The van der Waals surface area contributed by atoms with Gasteiger partial charge in [0.15, 0.2) is 17.7 Å². The third-order valence-electron chi connectivity index (χ3n) is 3.95. The third-order valence-corrected chi connectivity index (χ3v) is 3.95. The Morgan fingerprint density at radius 2 is 1.35 bits per heavy atom. The van der Waals surface area contributed by atoms with Crippen LogP contribution in [0.4, 0.5) is 4.39 Å². The Labute approximate surface area is 151 Å². The fourth-order valence-corrected chi connectivity index (χ4v) is 2.60. The number of hydrogen-bond donors (Lipinski definition) is 0. The highest BCUT2D eigenvalue weighted by molar-refractivity contribution is 6.09. The molecule has 0 fully saturated rings. The molecule has 0 aliphatic carbocycles. The van der Waals surface area contributed by atoms with Gasteiger partial charge in [0.05, 0.1) is 0 Å². The van der Waals surface area contributed by atoms with Crippen molar-refractivity contribution >= 4 is 11.6 Å². The van der Waals surface area contributed by atoms with Gasteiger partial charge in [-0.15, -0.1) is 0 Å². The normalized spacial score (nSPS) is 11.6. The van der Waals surface area contributed by atoms with Gasteiger partial charge in [-0.2, -0.15) is 0 Å². The van der Waals surface area contributed by atoms with Gasteiger partial charge in [-0.05, 0) is 61.0 Å². The minimum atomic E-state index is -0.699. The lowest BCUT2D eigenvalue weighted by Gasteiger charge is -2.17. The monoisotopic (exact) mass is 348 g/mol. The SMILES string of the molecule is CC(=O)C(Oc1ccc(C(=O)c2ccc(F)cc2)cc1)c1ccccc1. The maximum absolute atomic E-state index is 13.0. The van der Waals surface area contributed by atoms with Gasteiger partial charge >= 0.3 is 0 Å². The molecule has 130 valence electrons. The first-order chi connectivity index (χ1) is 12.5. The fourth-order valence-electron chi connectivity index (χ4n) is 2.60. The summed E-state index contributed by atoms with van der Waals surface area (Å²) in [4.78, 5) is 24.3. The van der Waals surface area contributed by atoms with Crippen LogP contribution in [-0.2, 0) is 4.79 Å². The number of halogens is 1. The molecule has 3 nitrogen and oxygen atoms in total. The Balaban J connectivity index is 1.77. The molecule has 3 aromatic carbocycles. The van der Waals surface area contributed by atoms with Gasteiger partial charge in [0, 0.05) is 11.1 Å². The standard InChI is InChI=1S/C22H17FO3/c1-15(24)22(18-5-3-2-4-6-18)26-20-13-9-17(10-14-20)21(25)16-7-11-19(23)12-8-16/h2-14,22H,1H3. The number of rotatable bonds is 6. The van der Waals surface area contributed by atoms with Crippen molar-refractivity contribution in [2.24, 2.45) is 0 Å². The van der Waals surface area contributed by atoms with Crippen LogP contribution < -0.4 is 4.74 Å². The van der Waals surface area contributed by atoms with Gasteiger partial charge in [-0.25, -0.2) is 4.39 Å². The molecule has 0 saturated carbocycles. The van der Waals surface area contributed by atoms with Crippen LogP contribution in [0.5, 0.6) is 5.75 Å². The Morgan fingerprint density at radius 1 is 0.808 bits per heavy atom. The molecular weight excluding hydrogens is 331 g/mol. The van der Waals surface area contributed by atoms with Crippen LogP contribution in [0.15, 0.2) is 78.9 Å². The van der Waals surface area contributed by atoms with Gasteiger partial charge in [-0.3, -0.25) is 9.59 Å². The lowest BCUT2D eigenvalue weighted by atomic mass is 10.0. The maximum atomic E-state index is 13.0. The summed E-state index contributed by atoms with van der Waals surface area (Å²) in [5, 5.41) is 0. The highest BCUT2D eigenvalue weighted by atomic mass is 19.1. The van der Waals surface area contributed by atoms with Crippen LogP contribution in [0.25, 0.3) is 0 Å². The molecule has 3 rings (SSSR count). The molecule has 0 amide bonds. The number of carbonyl (C=O) groups is 2. The van der Waals surface area contributed by atoms with Crippen molar-refractivity contribution in [2.45, 2.75) is 13.0 Å². The van der Waals surface area contributed by atoms with E-state index in [1.807, 2.05) is 30.3 Å². The smallest absolute Gasteiger partial charge is 0.193 e. The molecule has 0 N–H and O–H groups in total. The molecule has 0 aliphatic heterocycles. The van der Waals surface area contributed by atoms with Crippen LogP contribution in [0.2, 0.25) is 0 Å². The summed E-state index contributed by atoms with van der Waals surface area (Å²) in [7, 11) is 0. The van der Waals surface area contributed by atoms with Gasteiger partial charge in [0.25, 0.3) is 0 Å². The van der Waals surface area contributed by atoms with E-state index < -0.39 is 6.10 Å². The van der Waals surface area contributed by atoms with Crippen molar-refractivity contribution in [1.29, 1.82) is 0 Å². The zero-order valence-electron chi connectivity index (χ0n) is 14.2. The van der Waals surface area contributed by atoms with Crippen LogP contribution >= 0.6 is 0 Å². The summed E-state index contributed by atoms with van der Waals surface area (Å²) in [5.41, 5.74) is 1.64. The lowest BCUT2D eigenvalue weighted by Crippen LogP contribution is -2.16. The number of hydrogen-bond acceptors (Lipinski definition) is 3. The summed E-state index contributed by atoms with van der Waals surface area (Å²) in [5.74, 6) is -0.211. The molecule has 26 heavy (non-hydrogen) atoms. The molecule has 0 aliphatic rings. The van der Waals surface area contributed by atoms with Crippen molar-refractivity contribution in [3.8, 4) is 5.75 Å². The predicted molar refractivity (Wildman–Crippen MR) is 96.8 cm³/mol. The molecular formula is C22H17FO3. The summed E-state index contributed by atoms with van der Waals surface area (Å²) in [6.07, 6.45) is -0.699. The van der Waals surface area contributed by atoms with E-state index in [1.165, 1.54) is 31.2 Å². The average Bonchev–Trinajstić information content (AvgIpc) is 2.67. The molecule has 4 heteroatoms. The van der Waals surface area contributed by atoms with Gasteiger partial charge in [-0.1, -0.05) is 30.3 Å². The highest BCUT2D eigenvalue weighted by Crippen LogP contribution is 2.24. The number of carbonyl (C=O) groups excluding carboxylic acids is 2. The van der Waals surface area contributed by atoms with E-state index >= 15 is 0 Å². The molecule has 0 aromatic heterocycles. The van der Waals surface area contributed by atoms with E-state index in [0.29, 0.717) is 16.9 Å². The number of Topliss-reactive ketones (excluding diaryl/α,β-unsaturated/α-hetero) is 1. The summed E-state index contributed by atoms with van der Waals surface area (Å²) in [6, 6.07) is 21.2. The first kappa shape index (κ1) is 17.5. The first-order valence-corrected chi connectivity index (χ1v) is 8.17. The Hall–Kier alpha value is -3.27. The van der Waals surface area contributed by atoms with Crippen molar-refractivity contribution in [2.75, 3.05) is 0 Å². The van der Waals surface area contributed by atoms with E-state index in [9.17, 15) is 14.0 Å². The molecule has 1 unspecified atom stereocenters. The van der Waals surface area contributed by atoms with Crippen molar-refractivity contribution < 1.29 is 18.7 Å². The van der Waals surface area contributed by atoms with Crippen LogP contribution in [0.3, 0.4) is 0 Å². The minimum Gasteiger partial charge on any atom is -0.478 e. The molecule has 0 radical (unpaired) electrons. The Bertz CT molecular complexity index is 900. The van der Waals surface area contributed by atoms with Crippen molar-refractivity contribution in [3.63, 3.8) is 0 Å². The predicted octanol–water partition coefficient (Wildman–Crippen LogP) is 4.77. The van der Waals surface area contributed by atoms with Crippen LogP contribution in [0, 0.1) is 5.82 Å². The first-order valence-electron chi connectivity index (χ1n) is 8.17. The zero-order chi connectivity index (χ0) is 18.5. The summed E-state index contributed by atoms with van der Waals surface area (Å²) >= 11 is 0. The molecule has 0 saturated heterocycles. The molecule has 0 heterocycles. The molecule has 3 aromatic rings. The van der Waals surface area contributed by atoms with E-state index in [2.05, 4.69) is 0 Å². The van der Waals surface area contributed by atoms with Crippen molar-refractivity contribution in [3.05, 3.63) is 101 Å². The van der Waals surface area contributed by atoms with E-state index in [1.54, 1.807) is 24.3 Å². The van der Waals surface area contributed by atoms with E-state index in [0.717, 1.165) is 5.56 Å². The minimum absolute atomic E-state index is 0.109.